The summed E-state index contributed by atoms with van der Waals surface area (Å²) in [4.78, 5) is 32.8. The van der Waals surface area contributed by atoms with Gasteiger partial charge in [0, 0.05) is 67.1 Å². The number of aryl methyl sites for hydroxylation is 1. The summed E-state index contributed by atoms with van der Waals surface area (Å²) in [5.41, 5.74) is 13.0. The summed E-state index contributed by atoms with van der Waals surface area (Å²) in [6.07, 6.45) is 16.8. The molecule has 0 aromatic heterocycles. The van der Waals surface area contributed by atoms with E-state index in [1.165, 1.54) is 62.5 Å². The lowest BCUT2D eigenvalue weighted by atomic mass is 9.86. The fourth-order valence-corrected chi connectivity index (χ4v) is 10.4. The summed E-state index contributed by atoms with van der Waals surface area (Å²) in [6, 6.07) is 7.18. The number of anilines is 1. The van der Waals surface area contributed by atoms with Gasteiger partial charge in [-0.2, -0.15) is 0 Å². The van der Waals surface area contributed by atoms with Gasteiger partial charge in [0.1, 0.15) is 11.6 Å². The number of aromatic hydroxyl groups is 1. The average molecular weight is 766 g/mol. The Balaban J connectivity index is 0.00000115. The summed E-state index contributed by atoms with van der Waals surface area (Å²) in [7, 11) is 0. The molecule has 9 rings (SSSR count). The van der Waals surface area contributed by atoms with Crippen LogP contribution in [0.3, 0.4) is 0 Å². The summed E-state index contributed by atoms with van der Waals surface area (Å²) in [5, 5.41) is 12.5. The molecule has 1 amide bonds. The lowest BCUT2D eigenvalue weighted by molar-refractivity contribution is -0.127. The Bertz CT molecular complexity index is 1900. The predicted molar refractivity (Wildman–Crippen MR) is 228 cm³/mol. The molecule has 5 saturated heterocycles. The summed E-state index contributed by atoms with van der Waals surface area (Å²) >= 11 is 0. The van der Waals surface area contributed by atoms with Gasteiger partial charge >= 0.3 is 0 Å². The molecule has 0 atom stereocenters. The normalized spacial score (nSPS) is 25.1. The molecule has 9 nitrogen and oxygen atoms in total. The van der Waals surface area contributed by atoms with Crippen LogP contribution in [0.1, 0.15) is 97.0 Å². The standard InChI is InChI=1S/C42H56FN7O2.C4H8/c1-3-34-36(43)9-8-30-22-33(51)24-39(40(30)34)48-19-10-35(38(27-48)46-14-4-11-42-12-5-17-49(42)18-6-13-42)28(2)47-16-7-15-45-31(26-47)23-37(44)41(52)50-25-29-20-32(50)21-29;1-3-4-2/h8-9,22-24,29,32,51H,3-7,10-21,25-27,44H2,1-2H3;3H,1,4H2,2H3/b35-28+,37-23-,46-38?;. The van der Waals surface area contributed by atoms with Crippen molar-refractivity contribution in [2.75, 3.05) is 63.8 Å². The number of benzene rings is 2. The van der Waals surface area contributed by atoms with Gasteiger partial charge in [-0.15, -0.1) is 6.58 Å². The Morgan fingerprint density at radius 1 is 1.11 bits per heavy atom. The van der Waals surface area contributed by atoms with Gasteiger partial charge in [-0.1, -0.05) is 26.0 Å². The van der Waals surface area contributed by atoms with E-state index in [9.17, 15) is 9.90 Å². The van der Waals surface area contributed by atoms with E-state index in [0.717, 1.165) is 92.6 Å². The van der Waals surface area contributed by atoms with Crippen molar-refractivity contribution in [2.45, 2.75) is 109 Å². The van der Waals surface area contributed by atoms with E-state index in [1.54, 1.807) is 18.2 Å². The lowest BCUT2D eigenvalue weighted by Gasteiger charge is -2.36. The van der Waals surface area contributed by atoms with Crippen molar-refractivity contribution in [3.8, 4) is 5.75 Å². The second-order valence-electron chi connectivity index (χ2n) is 16.9. The number of hydrogen-bond donors (Lipinski definition) is 2. The van der Waals surface area contributed by atoms with Gasteiger partial charge in [0.15, 0.2) is 0 Å². The van der Waals surface area contributed by atoms with Crippen molar-refractivity contribution >= 4 is 33.8 Å². The van der Waals surface area contributed by atoms with Crippen LogP contribution in [0.15, 0.2) is 69.9 Å². The van der Waals surface area contributed by atoms with E-state index in [0.29, 0.717) is 49.1 Å². The molecule has 1 aliphatic carbocycles. The first kappa shape index (κ1) is 40.0. The van der Waals surface area contributed by atoms with E-state index in [4.69, 9.17) is 15.7 Å². The Morgan fingerprint density at radius 2 is 1.88 bits per heavy atom. The van der Waals surface area contributed by atoms with Crippen molar-refractivity contribution in [2.24, 2.45) is 21.6 Å². The number of aliphatic imine (C=N–C) groups is 2. The molecule has 2 aromatic rings. The maximum Gasteiger partial charge on any atom is 0.270 e. The van der Waals surface area contributed by atoms with Gasteiger partial charge in [0.05, 0.1) is 30.2 Å². The van der Waals surface area contributed by atoms with Crippen LogP contribution in [0.4, 0.5) is 10.1 Å². The zero-order valence-corrected chi connectivity index (χ0v) is 34.2. The SMILES string of the molecule is C=CCC.CCc1c(F)ccc2cc(O)cc(N3CC/C(=C(/C)N4CCCN=C(/C=C(\N)C(=O)N5CC6CC5C6)C4)C(=NCCCC45CCCN4CCC5)C3)c12. The first-order valence-electron chi connectivity index (χ1n) is 21.5. The van der Waals surface area contributed by atoms with Crippen LogP contribution in [0.2, 0.25) is 0 Å². The van der Waals surface area contributed by atoms with E-state index in [1.807, 2.05) is 24.0 Å². The highest BCUT2D eigenvalue weighted by Gasteiger charge is 2.45. The molecule has 3 N–H and O–H groups in total. The minimum Gasteiger partial charge on any atom is -0.508 e. The molecule has 0 unspecified atom stereocenters. The quantitative estimate of drug-likeness (QED) is 0.146. The van der Waals surface area contributed by atoms with Crippen LogP contribution in [0.5, 0.6) is 5.75 Å². The van der Waals surface area contributed by atoms with Gasteiger partial charge in [-0.3, -0.25) is 19.7 Å². The van der Waals surface area contributed by atoms with Crippen molar-refractivity contribution in [1.29, 1.82) is 0 Å². The summed E-state index contributed by atoms with van der Waals surface area (Å²) in [6.45, 7) is 17.3. The number of phenols is 1. The van der Waals surface area contributed by atoms with Crippen LogP contribution in [-0.4, -0.2) is 108 Å². The van der Waals surface area contributed by atoms with Gasteiger partial charge in [0.25, 0.3) is 5.91 Å². The Morgan fingerprint density at radius 3 is 2.57 bits per heavy atom. The first-order valence-corrected chi connectivity index (χ1v) is 21.5. The highest BCUT2D eigenvalue weighted by molar-refractivity contribution is 6.08. The number of carbonyl (C=O) groups is 1. The second kappa shape index (κ2) is 17.5. The van der Waals surface area contributed by atoms with Crippen LogP contribution >= 0.6 is 0 Å². The van der Waals surface area contributed by atoms with E-state index in [2.05, 4.69) is 35.1 Å². The fourth-order valence-electron chi connectivity index (χ4n) is 10.4. The number of hydrogen-bond acceptors (Lipinski definition) is 8. The molecule has 1 saturated carbocycles. The number of rotatable bonds is 10. The number of nitrogens with two attached hydrogens (primary N) is 1. The number of phenolic OH excluding ortho intramolecular Hbond substituents is 1. The number of allylic oxidation sites excluding steroid dienone is 2. The van der Waals surface area contributed by atoms with Crippen molar-refractivity contribution in [1.82, 2.24) is 14.7 Å². The number of nitrogens with zero attached hydrogens (tertiary/aromatic N) is 6. The summed E-state index contributed by atoms with van der Waals surface area (Å²) < 4.78 is 15.2. The topological polar surface area (TPSA) is 101 Å². The van der Waals surface area contributed by atoms with Crippen LogP contribution in [0, 0.1) is 11.7 Å². The van der Waals surface area contributed by atoms with Crippen LogP contribution < -0.4 is 10.6 Å². The Labute approximate surface area is 333 Å². The van der Waals surface area contributed by atoms with Crippen molar-refractivity contribution in [3.63, 3.8) is 0 Å². The van der Waals surface area contributed by atoms with Gasteiger partial charge in [-0.05, 0) is 138 Å². The number of carbonyl (C=O) groups excluding carboxylic acids is 1. The number of piperidine rings is 1. The van der Waals surface area contributed by atoms with Crippen LogP contribution in [-0.2, 0) is 11.2 Å². The Kier molecular flexibility index (Phi) is 12.5. The summed E-state index contributed by atoms with van der Waals surface area (Å²) in [5.74, 6) is 0.575. The van der Waals surface area contributed by atoms with E-state index >= 15 is 4.39 Å². The maximum atomic E-state index is 15.2. The van der Waals surface area contributed by atoms with Crippen molar-refractivity contribution < 1.29 is 14.3 Å². The van der Waals surface area contributed by atoms with E-state index < -0.39 is 0 Å². The Hall–Kier alpha value is -4.18. The van der Waals surface area contributed by atoms with Crippen LogP contribution in [0.25, 0.3) is 10.8 Å². The lowest BCUT2D eigenvalue weighted by Crippen LogP contribution is -2.40. The average Bonchev–Trinajstić information content (AvgIpc) is 3.96. The molecule has 0 spiro atoms. The molecule has 6 fully saturated rings. The largest absolute Gasteiger partial charge is 0.508 e. The zero-order chi connectivity index (χ0) is 39.4. The minimum absolute atomic E-state index is 0.0520. The molecular formula is C46H64FN7O2. The second-order valence-corrected chi connectivity index (χ2v) is 16.9. The molecule has 10 heteroatoms. The highest BCUT2D eigenvalue weighted by atomic mass is 19.1. The van der Waals surface area contributed by atoms with E-state index in [-0.39, 0.29) is 23.2 Å². The first-order chi connectivity index (χ1) is 27.1. The molecule has 302 valence electrons. The van der Waals surface area contributed by atoms with Gasteiger partial charge in [0.2, 0.25) is 0 Å². The molecule has 6 heterocycles. The predicted octanol–water partition coefficient (Wildman–Crippen LogP) is 7.77. The smallest absolute Gasteiger partial charge is 0.270 e. The number of amides is 1. The molecule has 2 aromatic carbocycles. The highest BCUT2D eigenvalue weighted by Crippen LogP contribution is 2.43. The minimum atomic E-state index is -0.205. The molecule has 0 radical (unpaired) electrons. The fraction of sp³-hybridized carbons (Fsp3) is 0.587. The molecular weight excluding hydrogens is 702 g/mol. The monoisotopic (exact) mass is 766 g/mol. The number of fused-ring (bicyclic) bond motifs is 3. The third-order valence-electron chi connectivity index (χ3n) is 13.5. The third kappa shape index (κ3) is 8.27. The molecule has 7 aliphatic rings. The zero-order valence-electron chi connectivity index (χ0n) is 34.2. The molecule has 56 heavy (non-hydrogen) atoms. The third-order valence-corrected chi connectivity index (χ3v) is 13.5. The molecule has 6 aliphatic heterocycles. The van der Waals surface area contributed by atoms with Crippen molar-refractivity contribution in [3.05, 3.63) is 71.3 Å². The van der Waals surface area contributed by atoms with Gasteiger partial charge in [-0.25, -0.2) is 4.39 Å². The number of halogens is 1. The van der Waals surface area contributed by atoms with Gasteiger partial charge < -0.3 is 25.5 Å². The maximum absolute atomic E-state index is 15.2. The molecule has 2 bridgehead atoms.